The number of hydrogen-bond donors (Lipinski definition) is 1. The molecule has 3 aliphatic rings. The molecule has 1 amide bonds. The summed E-state index contributed by atoms with van der Waals surface area (Å²) in [7, 11) is 4.14. The fourth-order valence-corrected chi connectivity index (χ4v) is 10.3. The van der Waals surface area contributed by atoms with Gasteiger partial charge in [0.2, 0.25) is 0 Å². The van der Waals surface area contributed by atoms with Gasteiger partial charge in [0.1, 0.15) is 30.2 Å². The highest BCUT2D eigenvalue weighted by Gasteiger charge is 2.57. The molecule has 56 heavy (non-hydrogen) atoms. The van der Waals surface area contributed by atoms with Gasteiger partial charge >= 0.3 is 12.1 Å². The third kappa shape index (κ3) is 9.70. The van der Waals surface area contributed by atoms with E-state index in [1.807, 2.05) is 64.1 Å². The molecule has 0 spiro atoms. The lowest BCUT2D eigenvalue weighted by atomic mass is 9.68. The van der Waals surface area contributed by atoms with Gasteiger partial charge < -0.3 is 29.2 Å². The zero-order valence-corrected chi connectivity index (χ0v) is 36.1. The van der Waals surface area contributed by atoms with Gasteiger partial charge in [-0.25, -0.2) is 4.79 Å². The molecule has 3 saturated heterocycles. The number of fused-ring (bicyclic) bond motifs is 1. The molecule has 0 saturated carbocycles. The monoisotopic (exact) mass is 810 g/mol. The summed E-state index contributed by atoms with van der Waals surface area (Å²) in [5.74, 6) is 1.89. The minimum absolute atomic E-state index is 0.00527. The van der Waals surface area contributed by atoms with Crippen molar-refractivity contribution in [2.24, 2.45) is 29.6 Å². The lowest BCUT2D eigenvalue weighted by molar-refractivity contribution is -0.173. The number of halogens is 1. The fourth-order valence-electron chi connectivity index (χ4n) is 9.23. The minimum atomic E-state index is -1.33. The normalized spacial score (nSPS) is 35.8. The molecular weight excluding hydrogens is 752 g/mol. The maximum Gasteiger partial charge on any atom is 0.408 e. The van der Waals surface area contributed by atoms with Crippen molar-refractivity contribution in [1.82, 2.24) is 10.2 Å². The molecule has 4 heterocycles. The number of alkyl carbamates (subject to hydrolysis) is 1. The SMILES string of the molecule is CC[C@H]1OC(=O)[C@H](C)C(=O)[C@H](C)[C@@H](CC2C[C@@H](N(C)C)C[C@@H](C)O2)[C@@](C)(OCC#Cc2ccc(-c3cccc(Cl)c3)s2)C[C@@H](C)C(=O)[C@H](C)C2NC(=O)O[C@@]21C. The highest BCUT2D eigenvalue weighted by atomic mass is 35.5. The molecule has 12 heteroatoms. The van der Waals surface area contributed by atoms with Crippen LogP contribution < -0.4 is 5.32 Å². The van der Waals surface area contributed by atoms with Gasteiger partial charge in [-0.1, -0.05) is 63.3 Å². The van der Waals surface area contributed by atoms with Crippen LogP contribution >= 0.6 is 22.9 Å². The first-order valence-electron chi connectivity index (χ1n) is 19.9. The number of hydrogen-bond acceptors (Lipinski definition) is 10. The second-order valence-electron chi connectivity index (χ2n) is 16.8. The molecule has 1 aromatic carbocycles. The van der Waals surface area contributed by atoms with E-state index >= 15 is 0 Å². The van der Waals surface area contributed by atoms with E-state index in [1.165, 1.54) is 0 Å². The highest BCUT2D eigenvalue weighted by molar-refractivity contribution is 7.16. The molecule has 3 fully saturated rings. The van der Waals surface area contributed by atoms with Crippen LogP contribution in [0.4, 0.5) is 4.79 Å². The Kier molecular flexibility index (Phi) is 14.2. The van der Waals surface area contributed by atoms with Crippen molar-refractivity contribution < 1.29 is 38.1 Å². The van der Waals surface area contributed by atoms with E-state index < -0.39 is 65.0 Å². The quantitative estimate of drug-likeness (QED) is 0.169. The minimum Gasteiger partial charge on any atom is -0.458 e. The fraction of sp³-hybridized carbons (Fsp3) is 0.636. The van der Waals surface area contributed by atoms with Crippen LogP contribution in [0, 0.1) is 41.4 Å². The summed E-state index contributed by atoms with van der Waals surface area (Å²) < 4.78 is 25.2. The van der Waals surface area contributed by atoms with Crippen LogP contribution in [0.2, 0.25) is 5.02 Å². The molecule has 3 aliphatic heterocycles. The van der Waals surface area contributed by atoms with Gasteiger partial charge in [-0.15, -0.1) is 11.3 Å². The maximum atomic E-state index is 14.5. The molecule has 0 radical (unpaired) electrons. The summed E-state index contributed by atoms with van der Waals surface area (Å²) in [5, 5.41) is 3.50. The first kappa shape index (κ1) is 43.8. The Labute approximate surface area is 341 Å². The summed E-state index contributed by atoms with van der Waals surface area (Å²) >= 11 is 7.79. The van der Waals surface area contributed by atoms with Gasteiger partial charge in [0, 0.05) is 33.7 Å². The molecular formula is C44H59ClN2O8S. The summed E-state index contributed by atoms with van der Waals surface area (Å²) in [6, 6.07) is 11.2. The van der Waals surface area contributed by atoms with Crippen molar-refractivity contribution in [2.75, 3.05) is 20.7 Å². The number of carbonyl (C=O) groups is 4. The maximum absolute atomic E-state index is 14.5. The summed E-state index contributed by atoms with van der Waals surface area (Å²) in [6.07, 6.45) is 0.948. The van der Waals surface area contributed by atoms with Crippen LogP contribution in [0.1, 0.15) is 92.4 Å². The first-order chi connectivity index (χ1) is 26.4. The number of esters is 1. The molecule has 10 nitrogen and oxygen atoms in total. The Morgan fingerprint density at radius 1 is 1.00 bits per heavy atom. The Bertz CT molecular complexity index is 1820. The third-order valence-corrected chi connectivity index (χ3v) is 13.7. The Balaban J connectivity index is 1.53. The number of cyclic esters (lactones) is 1. The number of ether oxygens (including phenoxy) is 4. The van der Waals surface area contributed by atoms with Crippen molar-refractivity contribution in [3.8, 4) is 22.3 Å². The van der Waals surface area contributed by atoms with Crippen molar-refractivity contribution in [1.29, 1.82) is 0 Å². The van der Waals surface area contributed by atoms with E-state index in [0.29, 0.717) is 17.9 Å². The predicted molar refractivity (Wildman–Crippen MR) is 218 cm³/mol. The number of nitrogens with one attached hydrogen (secondary N) is 1. The average molecular weight is 811 g/mol. The summed E-state index contributed by atoms with van der Waals surface area (Å²) in [6.45, 7) is 14.7. The van der Waals surface area contributed by atoms with Gasteiger partial charge in [-0.3, -0.25) is 14.4 Å². The first-order valence-corrected chi connectivity index (χ1v) is 21.1. The zero-order valence-electron chi connectivity index (χ0n) is 34.5. The van der Waals surface area contributed by atoms with Gasteiger partial charge in [0.05, 0.1) is 28.7 Å². The summed E-state index contributed by atoms with van der Waals surface area (Å²) in [4.78, 5) is 59.7. The standard InChI is InChI=1S/C44H59ClN2O8S/c1-11-37-44(8)40(46-42(51)55-44)28(5)38(48)25(2)24-43(7,52-19-13-16-34-17-18-36(56-34)30-14-12-15-31(45)21-30)35(27(4)39(49)29(6)41(50)54-37)23-33-22-32(47(9)10)20-26(3)53-33/h12,14-15,17-18,21,25-29,32-33,35,37,40H,11,19-20,22-24H2,1-10H3,(H,46,51)/t25-,26-,27-,28+,29-,32+,33?,35-,37-,40?,43+,44-/m1/s1. The number of Topliss-reactive ketones (excluding diaryl/α,β-unsaturated/α-hetero) is 2. The number of thiophene rings is 1. The van der Waals surface area contributed by atoms with E-state index in [2.05, 4.69) is 43.1 Å². The number of nitrogens with zero attached hydrogens (tertiary/aromatic N) is 1. The Morgan fingerprint density at radius 2 is 1.73 bits per heavy atom. The zero-order chi connectivity index (χ0) is 41.1. The largest absolute Gasteiger partial charge is 0.458 e. The van der Waals surface area contributed by atoms with Crippen molar-refractivity contribution in [3.63, 3.8) is 0 Å². The Hall–Kier alpha value is -3.27. The Morgan fingerprint density at radius 3 is 2.41 bits per heavy atom. The van der Waals surface area contributed by atoms with Crippen LogP contribution in [-0.2, 0) is 33.3 Å². The van der Waals surface area contributed by atoms with E-state index in [4.69, 9.17) is 30.5 Å². The lowest BCUT2D eigenvalue weighted by Crippen LogP contribution is -2.57. The highest BCUT2D eigenvalue weighted by Crippen LogP contribution is 2.43. The lowest BCUT2D eigenvalue weighted by Gasteiger charge is -2.46. The topological polar surface area (TPSA) is 120 Å². The van der Waals surface area contributed by atoms with E-state index in [9.17, 15) is 19.2 Å². The number of amides is 1. The van der Waals surface area contributed by atoms with Gasteiger partial charge in [-0.05, 0) is 110 Å². The molecule has 1 N–H and O–H groups in total. The van der Waals surface area contributed by atoms with Crippen molar-refractivity contribution in [3.05, 3.63) is 46.3 Å². The summed E-state index contributed by atoms with van der Waals surface area (Å²) in [5.41, 5.74) is -1.38. The van der Waals surface area contributed by atoms with Crippen LogP contribution in [0.5, 0.6) is 0 Å². The van der Waals surface area contributed by atoms with E-state index in [0.717, 1.165) is 28.2 Å². The van der Waals surface area contributed by atoms with Crippen LogP contribution in [0.15, 0.2) is 36.4 Å². The molecule has 1 aromatic heterocycles. The van der Waals surface area contributed by atoms with E-state index in [-0.39, 0.29) is 42.8 Å². The smallest absolute Gasteiger partial charge is 0.408 e. The molecule has 306 valence electrons. The predicted octanol–water partition coefficient (Wildman–Crippen LogP) is 7.97. The number of carbonyl (C=O) groups excluding carboxylic acids is 4. The van der Waals surface area contributed by atoms with Gasteiger partial charge in [-0.2, -0.15) is 0 Å². The molecule has 5 rings (SSSR count). The number of benzene rings is 1. The van der Waals surface area contributed by atoms with Crippen LogP contribution in [-0.4, -0.2) is 90.8 Å². The third-order valence-electron chi connectivity index (χ3n) is 12.4. The number of rotatable bonds is 7. The van der Waals surface area contributed by atoms with Crippen LogP contribution in [0.3, 0.4) is 0 Å². The average Bonchev–Trinajstić information content (AvgIpc) is 3.76. The molecule has 0 bridgehead atoms. The molecule has 2 unspecified atom stereocenters. The molecule has 2 aromatic rings. The molecule has 12 atom stereocenters. The van der Waals surface area contributed by atoms with Gasteiger partial charge in [0.15, 0.2) is 5.60 Å². The van der Waals surface area contributed by atoms with Crippen molar-refractivity contribution in [2.45, 2.75) is 129 Å². The van der Waals surface area contributed by atoms with E-state index in [1.54, 1.807) is 32.1 Å². The number of ketones is 2. The molecule has 0 aliphatic carbocycles. The van der Waals surface area contributed by atoms with Crippen LogP contribution in [0.25, 0.3) is 10.4 Å². The van der Waals surface area contributed by atoms with Crippen molar-refractivity contribution >= 4 is 46.6 Å². The second-order valence-corrected chi connectivity index (χ2v) is 18.3. The second kappa shape index (κ2) is 18.1. The van der Waals surface area contributed by atoms with Gasteiger partial charge in [0.25, 0.3) is 0 Å².